The monoisotopic (exact) mass is 468 g/mol. The first-order chi connectivity index (χ1) is 16.3. The highest BCUT2D eigenvalue weighted by molar-refractivity contribution is 5.99. The van der Waals surface area contributed by atoms with Crippen molar-refractivity contribution in [3.05, 3.63) is 47.0 Å². The number of anilines is 1. The minimum absolute atomic E-state index is 0.00124. The average molecular weight is 469 g/mol. The predicted molar refractivity (Wildman–Crippen MR) is 126 cm³/mol. The fourth-order valence-electron chi connectivity index (χ4n) is 4.32. The van der Waals surface area contributed by atoms with Gasteiger partial charge in [0.25, 0.3) is 0 Å². The molecule has 1 aromatic carbocycles. The molecule has 1 aliphatic heterocycles. The summed E-state index contributed by atoms with van der Waals surface area (Å²) >= 11 is 0. The Kier molecular flexibility index (Phi) is 7.04. The van der Waals surface area contributed by atoms with Gasteiger partial charge >= 0.3 is 5.97 Å². The maximum atomic E-state index is 14.8. The molecule has 1 aliphatic rings. The molecule has 0 radical (unpaired) electrons. The van der Waals surface area contributed by atoms with Gasteiger partial charge in [0.05, 0.1) is 48.3 Å². The molecular formula is C25H29FN4O4. The fourth-order valence-corrected chi connectivity index (χ4v) is 4.32. The van der Waals surface area contributed by atoms with Crippen molar-refractivity contribution >= 4 is 22.8 Å². The third kappa shape index (κ3) is 4.71. The van der Waals surface area contributed by atoms with Crippen LogP contribution in [0.5, 0.6) is 0 Å². The van der Waals surface area contributed by atoms with Crippen LogP contribution in [0, 0.1) is 12.7 Å². The summed E-state index contributed by atoms with van der Waals surface area (Å²) in [6, 6.07) is 5.07. The molecule has 0 unspecified atom stereocenters. The van der Waals surface area contributed by atoms with Gasteiger partial charge < -0.3 is 19.9 Å². The SMILES string of the molecule is CCOC(=O)c1c(C)nc2ccc(-c3nc(N[C@@H]4CCOC[C@H]4O)ncc3F)cc2c1C(C)C. The molecule has 4 rings (SSSR count). The Hall–Kier alpha value is -3.17. The highest BCUT2D eigenvalue weighted by Crippen LogP contribution is 2.34. The van der Waals surface area contributed by atoms with Crippen molar-refractivity contribution in [2.75, 3.05) is 25.1 Å². The molecule has 8 nitrogen and oxygen atoms in total. The van der Waals surface area contributed by atoms with Crippen LogP contribution in [0.25, 0.3) is 22.2 Å². The summed E-state index contributed by atoms with van der Waals surface area (Å²) in [6.45, 7) is 8.55. The standard InChI is InChI=1S/C25H29FN4O4/c1-5-34-24(32)22-14(4)28-18-7-6-15(10-16(18)21(22)13(2)3)23-17(26)11-27-25(30-23)29-19-8-9-33-12-20(19)31/h6-7,10-11,13,19-20,31H,5,8-9,12H2,1-4H3,(H,27,29,30)/t19-,20-/m1/s1. The first-order valence-corrected chi connectivity index (χ1v) is 11.5. The molecule has 0 bridgehead atoms. The lowest BCUT2D eigenvalue weighted by Gasteiger charge is -2.28. The zero-order valence-corrected chi connectivity index (χ0v) is 19.8. The number of aliphatic hydroxyl groups is 1. The summed E-state index contributed by atoms with van der Waals surface area (Å²) in [5.41, 5.74) is 3.20. The number of carbonyl (C=O) groups is 1. The van der Waals surface area contributed by atoms with Crippen LogP contribution < -0.4 is 5.32 Å². The van der Waals surface area contributed by atoms with E-state index < -0.39 is 17.9 Å². The number of hydrogen-bond acceptors (Lipinski definition) is 8. The summed E-state index contributed by atoms with van der Waals surface area (Å²) in [7, 11) is 0. The second-order valence-electron chi connectivity index (χ2n) is 8.66. The average Bonchev–Trinajstić information content (AvgIpc) is 2.80. The van der Waals surface area contributed by atoms with Crippen LogP contribution in [-0.4, -0.2) is 58.0 Å². The summed E-state index contributed by atoms with van der Waals surface area (Å²) in [5, 5.41) is 14.0. The van der Waals surface area contributed by atoms with Crippen molar-refractivity contribution in [1.29, 1.82) is 0 Å². The van der Waals surface area contributed by atoms with E-state index in [2.05, 4.69) is 20.3 Å². The molecule has 1 fully saturated rings. The summed E-state index contributed by atoms with van der Waals surface area (Å²) in [4.78, 5) is 25.8. The molecular weight excluding hydrogens is 439 g/mol. The van der Waals surface area contributed by atoms with E-state index in [1.54, 1.807) is 32.0 Å². The predicted octanol–water partition coefficient (Wildman–Crippen LogP) is 4.00. The summed E-state index contributed by atoms with van der Waals surface area (Å²) in [6.07, 6.45) is 1.00. The van der Waals surface area contributed by atoms with E-state index in [-0.39, 0.29) is 36.8 Å². The number of aliphatic hydroxyl groups excluding tert-OH is 1. The molecule has 0 saturated carbocycles. The lowest BCUT2D eigenvalue weighted by Crippen LogP contribution is -2.42. The van der Waals surface area contributed by atoms with E-state index in [1.165, 1.54) is 0 Å². The number of esters is 1. The maximum absolute atomic E-state index is 14.8. The molecule has 180 valence electrons. The third-order valence-electron chi connectivity index (χ3n) is 5.92. The van der Waals surface area contributed by atoms with Crippen molar-refractivity contribution < 1.29 is 23.8 Å². The largest absolute Gasteiger partial charge is 0.462 e. The number of benzene rings is 1. The van der Waals surface area contributed by atoms with Gasteiger partial charge in [-0.15, -0.1) is 0 Å². The Morgan fingerprint density at radius 3 is 2.85 bits per heavy atom. The summed E-state index contributed by atoms with van der Waals surface area (Å²) in [5.74, 6) is -0.769. The zero-order valence-electron chi connectivity index (χ0n) is 19.8. The number of pyridine rings is 1. The number of fused-ring (bicyclic) bond motifs is 1. The lowest BCUT2D eigenvalue weighted by atomic mass is 9.91. The van der Waals surface area contributed by atoms with Gasteiger partial charge in [-0.1, -0.05) is 19.9 Å². The van der Waals surface area contributed by atoms with Gasteiger partial charge in [-0.3, -0.25) is 4.98 Å². The van der Waals surface area contributed by atoms with Crippen molar-refractivity contribution in [3.63, 3.8) is 0 Å². The van der Waals surface area contributed by atoms with E-state index in [9.17, 15) is 14.3 Å². The second-order valence-corrected chi connectivity index (χ2v) is 8.66. The van der Waals surface area contributed by atoms with Gasteiger partial charge in [-0.05, 0) is 43.9 Å². The molecule has 3 aromatic rings. The number of aromatic nitrogens is 3. The van der Waals surface area contributed by atoms with Crippen LogP contribution >= 0.6 is 0 Å². The molecule has 0 spiro atoms. The first kappa shape index (κ1) is 24.0. The van der Waals surface area contributed by atoms with Crippen LogP contribution in [0.2, 0.25) is 0 Å². The molecule has 0 aliphatic carbocycles. The molecule has 2 aromatic heterocycles. The second kappa shape index (κ2) is 9.99. The maximum Gasteiger partial charge on any atom is 0.340 e. The Labute approximate surface area is 197 Å². The smallest absolute Gasteiger partial charge is 0.340 e. The van der Waals surface area contributed by atoms with Crippen molar-refractivity contribution in [1.82, 2.24) is 15.0 Å². The molecule has 0 amide bonds. The van der Waals surface area contributed by atoms with E-state index in [4.69, 9.17) is 9.47 Å². The van der Waals surface area contributed by atoms with E-state index in [0.717, 1.165) is 17.1 Å². The van der Waals surface area contributed by atoms with Crippen molar-refractivity contribution in [3.8, 4) is 11.3 Å². The Bertz CT molecular complexity index is 1220. The van der Waals surface area contributed by atoms with Gasteiger partial charge in [0.1, 0.15) is 5.69 Å². The Morgan fingerprint density at radius 1 is 1.35 bits per heavy atom. The Morgan fingerprint density at radius 2 is 2.15 bits per heavy atom. The van der Waals surface area contributed by atoms with E-state index in [0.29, 0.717) is 35.4 Å². The third-order valence-corrected chi connectivity index (χ3v) is 5.92. The number of hydrogen-bond donors (Lipinski definition) is 2. The van der Waals surface area contributed by atoms with Gasteiger partial charge in [0, 0.05) is 17.6 Å². The number of rotatable bonds is 6. The highest BCUT2D eigenvalue weighted by Gasteiger charge is 2.25. The number of ether oxygens (including phenoxy) is 2. The van der Waals surface area contributed by atoms with Crippen LogP contribution in [-0.2, 0) is 9.47 Å². The minimum atomic E-state index is -0.698. The Balaban J connectivity index is 1.80. The molecule has 3 heterocycles. The van der Waals surface area contributed by atoms with Gasteiger partial charge in [0.15, 0.2) is 5.82 Å². The quantitative estimate of drug-likeness (QED) is 0.523. The van der Waals surface area contributed by atoms with Gasteiger partial charge in [-0.25, -0.2) is 19.2 Å². The van der Waals surface area contributed by atoms with Gasteiger partial charge in [-0.2, -0.15) is 0 Å². The minimum Gasteiger partial charge on any atom is -0.462 e. The van der Waals surface area contributed by atoms with Crippen molar-refractivity contribution in [2.45, 2.75) is 52.2 Å². The lowest BCUT2D eigenvalue weighted by molar-refractivity contribution is -0.0136. The molecule has 1 saturated heterocycles. The van der Waals surface area contributed by atoms with Crippen LogP contribution in [0.15, 0.2) is 24.4 Å². The summed E-state index contributed by atoms with van der Waals surface area (Å²) < 4.78 is 25.4. The number of aryl methyl sites for hydroxylation is 1. The molecule has 2 atom stereocenters. The van der Waals surface area contributed by atoms with E-state index in [1.807, 2.05) is 13.8 Å². The highest BCUT2D eigenvalue weighted by atomic mass is 19.1. The molecule has 9 heteroatoms. The molecule has 34 heavy (non-hydrogen) atoms. The van der Waals surface area contributed by atoms with Crippen molar-refractivity contribution in [2.24, 2.45) is 0 Å². The fraction of sp³-hybridized carbons (Fsp3) is 0.440. The van der Waals surface area contributed by atoms with Crippen LogP contribution in [0.1, 0.15) is 54.7 Å². The van der Waals surface area contributed by atoms with E-state index >= 15 is 0 Å². The number of nitrogens with one attached hydrogen (secondary N) is 1. The first-order valence-electron chi connectivity index (χ1n) is 11.5. The molecule has 2 N–H and O–H groups in total. The van der Waals surface area contributed by atoms with Crippen LogP contribution in [0.4, 0.5) is 10.3 Å². The number of nitrogens with zero attached hydrogens (tertiary/aromatic N) is 3. The topological polar surface area (TPSA) is 106 Å². The normalized spacial score (nSPS) is 18.3. The van der Waals surface area contributed by atoms with Gasteiger partial charge in [0.2, 0.25) is 5.95 Å². The van der Waals surface area contributed by atoms with Crippen LogP contribution in [0.3, 0.4) is 0 Å². The number of halogens is 1. The zero-order chi connectivity index (χ0) is 24.4. The number of carbonyl (C=O) groups excluding carboxylic acids is 1.